The van der Waals surface area contributed by atoms with Crippen LogP contribution in [0, 0.1) is 25.1 Å². The Labute approximate surface area is 186 Å². The first-order valence-electron chi connectivity index (χ1n) is 10.9. The fraction of sp³-hybridized carbons (Fsp3) is 0.360. The lowest BCUT2D eigenvalue weighted by Gasteiger charge is -2.27. The quantitative estimate of drug-likeness (QED) is 0.398. The molecule has 0 bridgehead atoms. The molecule has 0 aliphatic carbocycles. The van der Waals surface area contributed by atoms with Crippen LogP contribution in [0.3, 0.4) is 0 Å². The van der Waals surface area contributed by atoms with Gasteiger partial charge in [0.25, 0.3) is 0 Å². The van der Waals surface area contributed by atoms with Gasteiger partial charge in [0.15, 0.2) is 0 Å². The molecule has 3 aromatic heterocycles. The van der Waals surface area contributed by atoms with Crippen LogP contribution in [0.15, 0.2) is 36.8 Å². The van der Waals surface area contributed by atoms with Gasteiger partial charge in [-0.3, -0.25) is 0 Å². The van der Waals surface area contributed by atoms with Crippen LogP contribution in [-0.4, -0.2) is 25.8 Å². The number of nitrogens with two attached hydrogens (primary N) is 1. The lowest BCUT2D eigenvalue weighted by molar-refractivity contribution is -0.117. The van der Waals surface area contributed by atoms with Crippen molar-refractivity contribution in [1.82, 2.24) is 19.5 Å². The molecule has 166 valence electrons. The summed E-state index contributed by atoms with van der Waals surface area (Å²) >= 11 is 0. The highest BCUT2D eigenvalue weighted by Gasteiger charge is 2.28. The second-order valence-electron chi connectivity index (χ2n) is 8.62. The van der Waals surface area contributed by atoms with Crippen LogP contribution in [-0.2, 0) is 17.8 Å². The van der Waals surface area contributed by atoms with Crippen molar-refractivity contribution in [2.45, 2.75) is 53.0 Å². The predicted molar refractivity (Wildman–Crippen MR) is 125 cm³/mol. The van der Waals surface area contributed by atoms with Crippen molar-refractivity contribution in [3.63, 3.8) is 0 Å². The minimum atomic E-state index is -0.496. The minimum absolute atomic E-state index is 0.310. The van der Waals surface area contributed by atoms with Crippen LogP contribution in [0.4, 0.5) is 10.2 Å². The highest BCUT2D eigenvalue weighted by molar-refractivity contribution is 5.82. The van der Waals surface area contributed by atoms with Gasteiger partial charge in [-0.2, -0.15) is 0 Å². The number of rotatable bonds is 8. The maximum Gasteiger partial charge on any atom is 0.143 e. The molecule has 32 heavy (non-hydrogen) atoms. The lowest BCUT2D eigenvalue weighted by atomic mass is 9.78. The van der Waals surface area contributed by atoms with E-state index in [1.54, 1.807) is 18.5 Å². The zero-order chi connectivity index (χ0) is 22.9. The molecule has 0 aliphatic rings. The van der Waals surface area contributed by atoms with Gasteiger partial charge in [0.2, 0.25) is 0 Å². The Hall–Kier alpha value is -3.35. The van der Waals surface area contributed by atoms with Crippen molar-refractivity contribution >= 4 is 34.0 Å². The van der Waals surface area contributed by atoms with Gasteiger partial charge in [-0.1, -0.05) is 6.92 Å². The number of aromatic nitrogens is 4. The summed E-state index contributed by atoms with van der Waals surface area (Å²) in [4.78, 5) is 25.2. The number of hydrogen-bond acceptors (Lipinski definition) is 5. The Kier molecular flexibility index (Phi) is 5.91. The van der Waals surface area contributed by atoms with Gasteiger partial charge >= 0.3 is 0 Å². The van der Waals surface area contributed by atoms with E-state index in [1.807, 2.05) is 39.1 Å². The van der Waals surface area contributed by atoms with E-state index >= 15 is 0 Å². The van der Waals surface area contributed by atoms with Crippen LogP contribution in [0.2, 0.25) is 0 Å². The molecule has 0 amide bonds. The zero-order valence-electron chi connectivity index (χ0n) is 18.7. The van der Waals surface area contributed by atoms with Crippen molar-refractivity contribution in [3.05, 3.63) is 59.4 Å². The molecule has 0 saturated carbocycles. The van der Waals surface area contributed by atoms with Crippen molar-refractivity contribution in [1.29, 1.82) is 0 Å². The van der Waals surface area contributed by atoms with Crippen LogP contribution in [0.5, 0.6) is 0 Å². The Morgan fingerprint density at radius 2 is 1.97 bits per heavy atom. The Bertz CT molecular complexity index is 1300. The SMILES string of the molecule is CCC(C=O)(CCc1cc(F)c2cc(C)c(N)nc2c1)CCn1ccc2c(C)ncnc21. The summed E-state index contributed by atoms with van der Waals surface area (Å²) in [6, 6.07) is 7.16. The molecule has 7 heteroatoms. The van der Waals surface area contributed by atoms with E-state index in [-0.39, 0.29) is 5.82 Å². The monoisotopic (exact) mass is 433 g/mol. The molecule has 0 fully saturated rings. The average molecular weight is 434 g/mol. The number of nitrogen functional groups attached to an aromatic ring is 1. The molecule has 1 unspecified atom stereocenters. The molecular weight excluding hydrogens is 405 g/mol. The number of carbonyl (C=O) groups excluding carboxylic acids is 1. The Morgan fingerprint density at radius 1 is 1.16 bits per heavy atom. The summed E-state index contributed by atoms with van der Waals surface area (Å²) < 4.78 is 16.8. The smallest absolute Gasteiger partial charge is 0.143 e. The summed E-state index contributed by atoms with van der Waals surface area (Å²) in [7, 11) is 0. The summed E-state index contributed by atoms with van der Waals surface area (Å²) in [6.45, 7) is 6.48. The fourth-order valence-electron chi connectivity index (χ4n) is 4.27. The molecule has 3 heterocycles. The second kappa shape index (κ2) is 8.65. The third-order valence-corrected chi connectivity index (χ3v) is 6.64. The van der Waals surface area contributed by atoms with Crippen molar-refractivity contribution in [2.24, 2.45) is 5.41 Å². The number of pyridine rings is 1. The fourth-order valence-corrected chi connectivity index (χ4v) is 4.27. The maximum absolute atomic E-state index is 14.7. The molecule has 0 radical (unpaired) electrons. The molecule has 0 aliphatic heterocycles. The number of nitrogens with zero attached hydrogens (tertiary/aromatic N) is 4. The topological polar surface area (TPSA) is 86.7 Å². The van der Waals surface area contributed by atoms with Gasteiger partial charge in [-0.15, -0.1) is 0 Å². The number of anilines is 1. The highest BCUT2D eigenvalue weighted by Crippen LogP contribution is 2.32. The third kappa shape index (κ3) is 4.07. The summed E-state index contributed by atoms with van der Waals surface area (Å²) in [6.07, 6.45) is 7.24. The maximum atomic E-state index is 14.7. The Morgan fingerprint density at radius 3 is 2.72 bits per heavy atom. The normalized spacial score (nSPS) is 13.5. The number of benzene rings is 1. The van der Waals surface area contributed by atoms with E-state index < -0.39 is 5.41 Å². The molecule has 4 aromatic rings. The van der Waals surface area contributed by atoms with Gasteiger partial charge < -0.3 is 15.1 Å². The van der Waals surface area contributed by atoms with Gasteiger partial charge in [0.05, 0.1) is 11.2 Å². The van der Waals surface area contributed by atoms with Gasteiger partial charge in [-0.05, 0) is 74.9 Å². The van der Waals surface area contributed by atoms with Crippen LogP contribution >= 0.6 is 0 Å². The first kappa shape index (κ1) is 21.9. The van der Waals surface area contributed by atoms with Crippen LogP contribution < -0.4 is 5.73 Å². The Balaban J connectivity index is 1.53. The van der Waals surface area contributed by atoms with Gasteiger partial charge in [0.1, 0.15) is 29.9 Å². The summed E-state index contributed by atoms with van der Waals surface area (Å²) in [5, 5.41) is 1.49. The number of aryl methyl sites for hydroxylation is 4. The van der Waals surface area contributed by atoms with E-state index in [0.29, 0.717) is 48.9 Å². The standard InChI is InChI=1S/C25H28FN5O/c1-4-25(14-32,8-10-31-9-6-19-17(3)28-15-29-24(19)31)7-5-18-12-21(26)20-11-16(2)23(27)30-22(20)13-18/h6,9,11-15H,4-5,7-8,10H2,1-3H3,(H2,27,30). The van der Waals surface area contributed by atoms with E-state index in [2.05, 4.69) is 19.5 Å². The second-order valence-corrected chi connectivity index (χ2v) is 8.62. The zero-order valence-corrected chi connectivity index (χ0v) is 18.7. The lowest BCUT2D eigenvalue weighted by Crippen LogP contribution is -2.25. The first-order valence-corrected chi connectivity index (χ1v) is 10.9. The number of aldehydes is 1. The predicted octanol–water partition coefficient (Wildman–Crippen LogP) is 4.94. The first-order chi connectivity index (χ1) is 15.4. The van der Waals surface area contributed by atoms with Crippen molar-refractivity contribution in [3.8, 4) is 0 Å². The van der Waals surface area contributed by atoms with E-state index in [9.17, 15) is 9.18 Å². The van der Waals surface area contributed by atoms with Crippen molar-refractivity contribution in [2.75, 3.05) is 5.73 Å². The highest BCUT2D eigenvalue weighted by atomic mass is 19.1. The van der Waals surface area contributed by atoms with E-state index in [0.717, 1.165) is 34.1 Å². The molecule has 4 rings (SSSR count). The minimum Gasteiger partial charge on any atom is -0.383 e. The van der Waals surface area contributed by atoms with Crippen LogP contribution in [0.25, 0.3) is 21.9 Å². The number of halogens is 1. The molecule has 2 N–H and O–H groups in total. The third-order valence-electron chi connectivity index (χ3n) is 6.64. The van der Waals surface area contributed by atoms with E-state index in [4.69, 9.17) is 5.73 Å². The van der Waals surface area contributed by atoms with E-state index in [1.165, 1.54) is 0 Å². The summed E-state index contributed by atoms with van der Waals surface area (Å²) in [5.41, 5.74) is 9.36. The summed E-state index contributed by atoms with van der Waals surface area (Å²) in [5.74, 6) is 0.0954. The molecule has 0 spiro atoms. The van der Waals surface area contributed by atoms with Gasteiger partial charge in [0, 0.05) is 28.9 Å². The van der Waals surface area contributed by atoms with Crippen molar-refractivity contribution < 1.29 is 9.18 Å². The number of fused-ring (bicyclic) bond motifs is 2. The van der Waals surface area contributed by atoms with Crippen LogP contribution in [0.1, 0.15) is 43.0 Å². The molecular formula is C25H28FN5O. The average Bonchev–Trinajstić information content (AvgIpc) is 3.20. The van der Waals surface area contributed by atoms with Gasteiger partial charge in [-0.25, -0.2) is 19.3 Å². The largest absolute Gasteiger partial charge is 0.383 e. The number of carbonyl (C=O) groups is 1. The molecule has 1 atom stereocenters. The molecule has 1 aromatic carbocycles. The molecule has 6 nitrogen and oxygen atoms in total. The number of hydrogen-bond donors (Lipinski definition) is 1. The molecule has 0 saturated heterocycles.